The summed E-state index contributed by atoms with van der Waals surface area (Å²) in [5.41, 5.74) is 4.40. The van der Waals surface area contributed by atoms with E-state index in [0.717, 1.165) is 33.1 Å². The quantitative estimate of drug-likeness (QED) is 0.536. The molecule has 0 aliphatic rings. The molecule has 1 atom stereocenters. The van der Waals surface area contributed by atoms with Gasteiger partial charge >= 0.3 is 0 Å². The van der Waals surface area contributed by atoms with E-state index >= 15 is 0 Å². The third-order valence-corrected chi connectivity index (χ3v) is 4.51. The van der Waals surface area contributed by atoms with E-state index in [1.54, 1.807) is 0 Å². The summed E-state index contributed by atoms with van der Waals surface area (Å²) < 4.78 is 1.06. The van der Waals surface area contributed by atoms with Crippen LogP contribution in [0.1, 0.15) is 22.2 Å². The summed E-state index contributed by atoms with van der Waals surface area (Å²) in [7, 11) is 0. The molecule has 0 spiro atoms. The van der Waals surface area contributed by atoms with Crippen LogP contribution >= 0.6 is 27.5 Å². The largest absolute Gasteiger partial charge is 0.253 e. The van der Waals surface area contributed by atoms with Gasteiger partial charge in [0.15, 0.2) is 0 Å². The van der Waals surface area contributed by atoms with Crippen molar-refractivity contribution in [2.45, 2.75) is 18.7 Å². The number of benzene rings is 2. The number of pyridine rings is 1. The van der Waals surface area contributed by atoms with Crippen LogP contribution in [0.5, 0.6) is 0 Å². The van der Waals surface area contributed by atoms with Gasteiger partial charge in [-0.1, -0.05) is 46.3 Å². The van der Waals surface area contributed by atoms with E-state index < -0.39 is 0 Å². The summed E-state index contributed by atoms with van der Waals surface area (Å²) in [5, 5.41) is 1.09. The molecule has 2 aromatic carbocycles. The molecule has 3 aromatic rings. The van der Waals surface area contributed by atoms with Crippen LogP contribution in [0.3, 0.4) is 0 Å². The van der Waals surface area contributed by atoms with E-state index in [-0.39, 0.29) is 5.38 Å². The SMILES string of the molecule is Cc1ccc(Br)cc1C(Cl)Cc1ccc2ccccc2n1. The van der Waals surface area contributed by atoms with Crippen LogP contribution < -0.4 is 0 Å². The minimum atomic E-state index is -0.0730. The monoisotopic (exact) mass is 359 g/mol. The molecule has 1 aromatic heterocycles. The van der Waals surface area contributed by atoms with Crippen LogP contribution in [0, 0.1) is 6.92 Å². The second-order valence-corrected chi connectivity index (χ2v) is 6.61. The van der Waals surface area contributed by atoms with Gasteiger partial charge in [0, 0.05) is 22.0 Å². The zero-order valence-corrected chi connectivity index (χ0v) is 14.0. The van der Waals surface area contributed by atoms with Crippen LogP contribution in [0.4, 0.5) is 0 Å². The lowest BCUT2D eigenvalue weighted by molar-refractivity contribution is 0.879. The number of hydrogen-bond donors (Lipinski definition) is 0. The second-order valence-electron chi connectivity index (χ2n) is 5.17. The molecule has 0 fully saturated rings. The molecule has 106 valence electrons. The molecule has 0 aliphatic heterocycles. The predicted octanol–water partition coefficient (Wildman–Crippen LogP) is 5.83. The number of para-hydroxylation sites is 1. The summed E-state index contributed by atoms with van der Waals surface area (Å²) in [6, 6.07) is 18.5. The van der Waals surface area contributed by atoms with E-state index in [1.807, 2.05) is 24.3 Å². The average Bonchev–Trinajstić information content (AvgIpc) is 2.49. The van der Waals surface area contributed by atoms with Gasteiger partial charge in [0.05, 0.1) is 10.9 Å². The summed E-state index contributed by atoms with van der Waals surface area (Å²) in [5.74, 6) is 0. The van der Waals surface area contributed by atoms with Crippen molar-refractivity contribution in [1.29, 1.82) is 0 Å². The van der Waals surface area contributed by atoms with Crippen molar-refractivity contribution >= 4 is 38.4 Å². The molecule has 0 radical (unpaired) electrons. The van der Waals surface area contributed by atoms with Crippen molar-refractivity contribution < 1.29 is 0 Å². The van der Waals surface area contributed by atoms with Crippen molar-refractivity contribution in [2.24, 2.45) is 0 Å². The number of fused-ring (bicyclic) bond motifs is 1. The molecule has 0 saturated heterocycles. The fourth-order valence-corrected chi connectivity index (χ4v) is 3.24. The van der Waals surface area contributed by atoms with Crippen molar-refractivity contribution in [2.75, 3.05) is 0 Å². The van der Waals surface area contributed by atoms with Gasteiger partial charge in [0.1, 0.15) is 0 Å². The van der Waals surface area contributed by atoms with Crippen LogP contribution in [0.2, 0.25) is 0 Å². The molecule has 1 nitrogen and oxygen atoms in total. The Morgan fingerprint density at radius 3 is 2.76 bits per heavy atom. The first-order valence-electron chi connectivity index (χ1n) is 6.88. The van der Waals surface area contributed by atoms with Crippen LogP contribution in [-0.4, -0.2) is 4.98 Å². The van der Waals surface area contributed by atoms with Gasteiger partial charge < -0.3 is 0 Å². The number of aryl methyl sites for hydroxylation is 1. The Morgan fingerprint density at radius 2 is 1.90 bits per heavy atom. The molecule has 0 aliphatic carbocycles. The van der Waals surface area contributed by atoms with Gasteiger partial charge in [-0.25, -0.2) is 0 Å². The number of nitrogens with zero attached hydrogens (tertiary/aromatic N) is 1. The lowest BCUT2D eigenvalue weighted by Crippen LogP contribution is -2.00. The molecule has 21 heavy (non-hydrogen) atoms. The highest BCUT2D eigenvalue weighted by molar-refractivity contribution is 9.10. The van der Waals surface area contributed by atoms with Crippen molar-refractivity contribution in [1.82, 2.24) is 4.98 Å². The van der Waals surface area contributed by atoms with Crippen molar-refractivity contribution in [3.8, 4) is 0 Å². The minimum absolute atomic E-state index is 0.0730. The molecular formula is C18H15BrClN. The first-order valence-corrected chi connectivity index (χ1v) is 8.11. The standard InChI is InChI=1S/C18H15BrClN/c1-12-6-8-14(19)10-16(12)17(20)11-15-9-7-13-4-2-3-5-18(13)21-15/h2-10,17H,11H2,1H3. The summed E-state index contributed by atoms with van der Waals surface area (Å²) in [6.07, 6.45) is 0.726. The Kier molecular flexibility index (Phi) is 4.27. The Bertz CT molecular complexity index is 785. The maximum Gasteiger partial charge on any atom is 0.0705 e. The molecule has 1 unspecified atom stereocenters. The van der Waals surface area contributed by atoms with Crippen LogP contribution in [-0.2, 0) is 6.42 Å². The summed E-state index contributed by atoms with van der Waals surface area (Å²) >= 11 is 10.1. The highest BCUT2D eigenvalue weighted by Gasteiger charge is 2.13. The third kappa shape index (κ3) is 3.28. The van der Waals surface area contributed by atoms with Crippen molar-refractivity contribution in [3.05, 3.63) is 75.9 Å². The molecule has 3 heteroatoms. The van der Waals surface area contributed by atoms with E-state index in [4.69, 9.17) is 16.6 Å². The maximum atomic E-state index is 6.61. The number of hydrogen-bond acceptors (Lipinski definition) is 1. The molecule has 0 N–H and O–H groups in total. The van der Waals surface area contributed by atoms with Gasteiger partial charge in [0.2, 0.25) is 0 Å². The topological polar surface area (TPSA) is 12.9 Å². The summed E-state index contributed by atoms with van der Waals surface area (Å²) in [6.45, 7) is 2.09. The molecule has 1 heterocycles. The highest BCUT2D eigenvalue weighted by Crippen LogP contribution is 2.30. The maximum absolute atomic E-state index is 6.61. The number of aromatic nitrogens is 1. The molecule has 3 rings (SSSR count). The van der Waals surface area contributed by atoms with E-state index in [1.165, 1.54) is 5.56 Å². The first kappa shape index (κ1) is 14.6. The van der Waals surface area contributed by atoms with Crippen LogP contribution in [0.15, 0.2) is 59.1 Å². The number of rotatable bonds is 3. The first-order chi connectivity index (χ1) is 10.1. The van der Waals surface area contributed by atoms with Gasteiger partial charge in [0.25, 0.3) is 0 Å². The highest BCUT2D eigenvalue weighted by atomic mass is 79.9. The van der Waals surface area contributed by atoms with Gasteiger partial charge in [-0.2, -0.15) is 0 Å². The zero-order valence-electron chi connectivity index (χ0n) is 11.7. The lowest BCUT2D eigenvalue weighted by atomic mass is 10.0. The molecule has 0 saturated carbocycles. The fourth-order valence-electron chi connectivity index (χ4n) is 2.46. The van der Waals surface area contributed by atoms with Gasteiger partial charge in [-0.05, 0) is 42.3 Å². The Hall–Kier alpha value is -1.38. The van der Waals surface area contributed by atoms with Crippen LogP contribution in [0.25, 0.3) is 10.9 Å². The Balaban J connectivity index is 1.88. The molecular weight excluding hydrogens is 346 g/mol. The number of alkyl halides is 1. The zero-order chi connectivity index (χ0) is 14.8. The summed E-state index contributed by atoms with van der Waals surface area (Å²) in [4.78, 5) is 4.70. The fraction of sp³-hybridized carbons (Fsp3) is 0.167. The predicted molar refractivity (Wildman–Crippen MR) is 92.9 cm³/mol. The normalized spacial score (nSPS) is 12.5. The van der Waals surface area contributed by atoms with Gasteiger partial charge in [-0.3, -0.25) is 4.98 Å². The van der Waals surface area contributed by atoms with Crippen molar-refractivity contribution in [3.63, 3.8) is 0 Å². The molecule has 0 bridgehead atoms. The minimum Gasteiger partial charge on any atom is -0.253 e. The van der Waals surface area contributed by atoms with E-state index in [2.05, 4.69) is 53.2 Å². The second kappa shape index (κ2) is 6.17. The molecule has 0 amide bonds. The smallest absolute Gasteiger partial charge is 0.0705 e. The lowest BCUT2D eigenvalue weighted by Gasteiger charge is -2.13. The van der Waals surface area contributed by atoms with Gasteiger partial charge in [-0.15, -0.1) is 11.6 Å². The average molecular weight is 361 g/mol. The van der Waals surface area contributed by atoms with E-state index in [0.29, 0.717) is 0 Å². The number of halogens is 2. The van der Waals surface area contributed by atoms with E-state index in [9.17, 15) is 0 Å². The third-order valence-electron chi connectivity index (χ3n) is 3.62. The Morgan fingerprint density at radius 1 is 1.10 bits per heavy atom. The Labute approximate surface area is 138 Å².